The molecule has 24 heavy (non-hydrogen) atoms. The van der Waals surface area contributed by atoms with Crippen molar-refractivity contribution in [1.82, 2.24) is 5.32 Å². The number of rotatable bonds is 6. The standard InChI is InChI=1S/C19H20ClNO3/c20-16-4-1-3-14(11-16)12-21-19(22)15-6-8-17(9-7-15)24-13-18-5-2-10-23-18/h1,3-4,6-9,11,18H,2,5,10,12-13H2,(H,21,22). The van der Waals surface area contributed by atoms with Gasteiger partial charge < -0.3 is 14.8 Å². The van der Waals surface area contributed by atoms with Gasteiger partial charge in [0.1, 0.15) is 12.4 Å². The largest absolute Gasteiger partial charge is 0.491 e. The summed E-state index contributed by atoms with van der Waals surface area (Å²) < 4.78 is 11.2. The molecule has 1 aliphatic rings. The molecular weight excluding hydrogens is 326 g/mol. The Morgan fingerprint density at radius 3 is 2.79 bits per heavy atom. The van der Waals surface area contributed by atoms with E-state index in [1.54, 1.807) is 12.1 Å². The van der Waals surface area contributed by atoms with Gasteiger partial charge in [0.15, 0.2) is 0 Å². The van der Waals surface area contributed by atoms with Crippen LogP contribution in [0.3, 0.4) is 0 Å². The molecule has 2 aromatic rings. The molecule has 0 radical (unpaired) electrons. The number of nitrogens with one attached hydrogen (secondary N) is 1. The van der Waals surface area contributed by atoms with E-state index in [9.17, 15) is 4.79 Å². The number of halogens is 1. The van der Waals surface area contributed by atoms with Crippen molar-refractivity contribution in [2.24, 2.45) is 0 Å². The Hall–Kier alpha value is -2.04. The fourth-order valence-electron chi connectivity index (χ4n) is 2.60. The van der Waals surface area contributed by atoms with Crippen molar-refractivity contribution in [3.63, 3.8) is 0 Å². The minimum absolute atomic E-state index is 0.124. The number of carbonyl (C=O) groups is 1. The van der Waals surface area contributed by atoms with Crippen LogP contribution in [-0.2, 0) is 11.3 Å². The van der Waals surface area contributed by atoms with E-state index >= 15 is 0 Å². The highest BCUT2D eigenvalue weighted by molar-refractivity contribution is 6.30. The van der Waals surface area contributed by atoms with Gasteiger partial charge in [-0.25, -0.2) is 0 Å². The van der Waals surface area contributed by atoms with E-state index in [1.165, 1.54) is 0 Å². The van der Waals surface area contributed by atoms with Gasteiger partial charge in [-0.3, -0.25) is 4.79 Å². The summed E-state index contributed by atoms with van der Waals surface area (Å²) in [5, 5.41) is 3.54. The smallest absolute Gasteiger partial charge is 0.251 e. The Labute approximate surface area is 146 Å². The van der Waals surface area contributed by atoms with Crippen LogP contribution < -0.4 is 10.1 Å². The Bertz CT molecular complexity index is 681. The number of benzene rings is 2. The average Bonchev–Trinajstić information content (AvgIpc) is 3.12. The van der Waals surface area contributed by atoms with Gasteiger partial charge in [-0.05, 0) is 54.8 Å². The molecule has 0 aliphatic carbocycles. The quantitative estimate of drug-likeness (QED) is 0.865. The average molecular weight is 346 g/mol. The highest BCUT2D eigenvalue weighted by Gasteiger charge is 2.16. The molecule has 1 amide bonds. The Morgan fingerprint density at radius 2 is 2.08 bits per heavy atom. The molecule has 1 N–H and O–H groups in total. The fraction of sp³-hybridized carbons (Fsp3) is 0.316. The van der Waals surface area contributed by atoms with Gasteiger partial charge in [-0.2, -0.15) is 0 Å². The molecular formula is C19H20ClNO3. The van der Waals surface area contributed by atoms with Crippen LogP contribution in [0.1, 0.15) is 28.8 Å². The molecule has 1 aliphatic heterocycles. The maximum absolute atomic E-state index is 12.2. The van der Waals surface area contributed by atoms with Crippen molar-refractivity contribution in [2.75, 3.05) is 13.2 Å². The first-order chi connectivity index (χ1) is 11.7. The summed E-state index contributed by atoms with van der Waals surface area (Å²) >= 11 is 5.94. The van der Waals surface area contributed by atoms with E-state index in [4.69, 9.17) is 21.1 Å². The van der Waals surface area contributed by atoms with E-state index in [0.717, 1.165) is 30.8 Å². The molecule has 5 heteroatoms. The maximum atomic E-state index is 12.2. The highest BCUT2D eigenvalue weighted by atomic mass is 35.5. The summed E-state index contributed by atoms with van der Waals surface area (Å²) in [5.41, 5.74) is 1.56. The molecule has 1 heterocycles. The van der Waals surface area contributed by atoms with Gasteiger partial charge in [0.2, 0.25) is 0 Å². The normalized spacial score (nSPS) is 16.8. The molecule has 3 rings (SSSR count). The topological polar surface area (TPSA) is 47.6 Å². The molecule has 4 nitrogen and oxygen atoms in total. The van der Waals surface area contributed by atoms with Gasteiger partial charge in [0.05, 0.1) is 6.10 Å². The minimum Gasteiger partial charge on any atom is -0.491 e. The van der Waals surface area contributed by atoms with Crippen LogP contribution in [0.2, 0.25) is 5.02 Å². The summed E-state index contributed by atoms with van der Waals surface area (Å²) in [6.07, 6.45) is 2.33. The first-order valence-corrected chi connectivity index (χ1v) is 8.45. The summed E-state index contributed by atoms with van der Waals surface area (Å²) in [4.78, 5) is 12.2. The van der Waals surface area contributed by atoms with Gasteiger partial charge in [0, 0.05) is 23.7 Å². The van der Waals surface area contributed by atoms with Gasteiger partial charge in [-0.15, -0.1) is 0 Å². The van der Waals surface area contributed by atoms with Crippen molar-refractivity contribution in [3.8, 4) is 5.75 Å². The van der Waals surface area contributed by atoms with E-state index in [-0.39, 0.29) is 12.0 Å². The van der Waals surface area contributed by atoms with Crippen molar-refractivity contribution < 1.29 is 14.3 Å². The minimum atomic E-state index is -0.124. The monoisotopic (exact) mass is 345 g/mol. The van der Waals surface area contributed by atoms with Gasteiger partial charge >= 0.3 is 0 Å². The molecule has 0 bridgehead atoms. The van der Waals surface area contributed by atoms with Crippen LogP contribution in [0.4, 0.5) is 0 Å². The number of carbonyl (C=O) groups excluding carboxylic acids is 1. The molecule has 0 spiro atoms. The molecule has 1 unspecified atom stereocenters. The predicted octanol–water partition coefficient (Wildman–Crippen LogP) is 3.83. The first kappa shape index (κ1) is 16.8. The molecule has 1 fully saturated rings. The first-order valence-electron chi connectivity index (χ1n) is 8.08. The third kappa shape index (κ3) is 4.73. The predicted molar refractivity (Wildman–Crippen MR) is 93.5 cm³/mol. The van der Waals surface area contributed by atoms with Crippen molar-refractivity contribution in [1.29, 1.82) is 0 Å². The van der Waals surface area contributed by atoms with Crippen molar-refractivity contribution in [3.05, 3.63) is 64.7 Å². The van der Waals surface area contributed by atoms with E-state index in [2.05, 4.69) is 5.32 Å². The van der Waals surface area contributed by atoms with Crippen LogP contribution in [0.25, 0.3) is 0 Å². The highest BCUT2D eigenvalue weighted by Crippen LogP contribution is 2.17. The van der Waals surface area contributed by atoms with Crippen molar-refractivity contribution >= 4 is 17.5 Å². The Kier molecular flexibility index (Phi) is 5.72. The second-order valence-electron chi connectivity index (χ2n) is 5.78. The fourth-order valence-corrected chi connectivity index (χ4v) is 2.81. The molecule has 2 aromatic carbocycles. The number of amides is 1. The zero-order chi connectivity index (χ0) is 16.8. The second-order valence-corrected chi connectivity index (χ2v) is 6.22. The van der Waals surface area contributed by atoms with Gasteiger partial charge in [-0.1, -0.05) is 23.7 Å². The number of hydrogen-bond acceptors (Lipinski definition) is 3. The SMILES string of the molecule is O=C(NCc1cccc(Cl)c1)c1ccc(OCC2CCCO2)cc1. The third-order valence-electron chi connectivity index (χ3n) is 3.92. The van der Waals surface area contributed by atoms with Crippen LogP contribution in [-0.4, -0.2) is 25.2 Å². The zero-order valence-electron chi connectivity index (χ0n) is 13.3. The summed E-state index contributed by atoms with van der Waals surface area (Å²) in [6.45, 7) is 1.82. The molecule has 1 saturated heterocycles. The zero-order valence-corrected chi connectivity index (χ0v) is 14.1. The van der Waals surface area contributed by atoms with E-state index in [1.807, 2.05) is 36.4 Å². The third-order valence-corrected chi connectivity index (χ3v) is 4.15. The number of hydrogen-bond donors (Lipinski definition) is 1. The van der Waals surface area contributed by atoms with Crippen molar-refractivity contribution in [2.45, 2.75) is 25.5 Å². The van der Waals surface area contributed by atoms with Crippen LogP contribution >= 0.6 is 11.6 Å². The molecule has 126 valence electrons. The molecule has 0 saturated carbocycles. The summed E-state index contributed by atoms with van der Waals surface area (Å²) in [6, 6.07) is 14.6. The lowest BCUT2D eigenvalue weighted by molar-refractivity contribution is 0.0679. The molecule has 1 atom stereocenters. The lowest BCUT2D eigenvalue weighted by atomic mass is 10.2. The van der Waals surface area contributed by atoms with E-state index in [0.29, 0.717) is 23.7 Å². The van der Waals surface area contributed by atoms with Gasteiger partial charge in [0.25, 0.3) is 5.91 Å². The van der Waals surface area contributed by atoms with Crippen LogP contribution in [0.15, 0.2) is 48.5 Å². The summed E-state index contributed by atoms with van der Waals surface area (Å²) in [5.74, 6) is 0.623. The van der Waals surface area contributed by atoms with Crippen LogP contribution in [0.5, 0.6) is 5.75 Å². The molecule has 0 aromatic heterocycles. The second kappa shape index (κ2) is 8.18. The van der Waals surface area contributed by atoms with E-state index < -0.39 is 0 Å². The summed E-state index contributed by atoms with van der Waals surface area (Å²) in [7, 11) is 0. The van der Waals surface area contributed by atoms with Crippen LogP contribution in [0, 0.1) is 0 Å². The number of ether oxygens (including phenoxy) is 2. The Morgan fingerprint density at radius 1 is 1.25 bits per heavy atom. The Balaban J connectivity index is 1.49. The lowest BCUT2D eigenvalue weighted by Gasteiger charge is -2.12. The lowest BCUT2D eigenvalue weighted by Crippen LogP contribution is -2.22. The maximum Gasteiger partial charge on any atom is 0.251 e.